The average molecular weight is 259 g/mol. The second-order valence-electron chi connectivity index (χ2n) is 5.03. The summed E-state index contributed by atoms with van der Waals surface area (Å²) in [5.74, 6) is 0.636. The van der Waals surface area contributed by atoms with Crippen LogP contribution >= 0.6 is 0 Å². The summed E-state index contributed by atoms with van der Waals surface area (Å²) >= 11 is 0. The summed E-state index contributed by atoms with van der Waals surface area (Å²) in [5, 5.41) is 0. The van der Waals surface area contributed by atoms with Gasteiger partial charge in [0.05, 0.1) is 0 Å². The standard InChI is InChI=1S/C16H21NO2/c18-16(19-13-15-9-5-11-17-12-15)10-4-3-8-14-6-1-2-7-14/h1,5-6,9,11-12,14H,2-4,7-8,10,13H2. The summed E-state index contributed by atoms with van der Waals surface area (Å²) in [4.78, 5) is 15.5. The van der Waals surface area contributed by atoms with E-state index >= 15 is 0 Å². The highest BCUT2D eigenvalue weighted by Crippen LogP contribution is 2.22. The van der Waals surface area contributed by atoms with E-state index in [1.807, 2.05) is 12.1 Å². The lowest BCUT2D eigenvalue weighted by Gasteiger charge is -2.07. The van der Waals surface area contributed by atoms with Gasteiger partial charge in [-0.15, -0.1) is 0 Å². The van der Waals surface area contributed by atoms with Gasteiger partial charge in [-0.3, -0.25) is 9.78 Å². The van der Waals surface area contributed by atoms with Crippen LogP contribution in [0, 0.1) is 5.92 Å². The number of hydrogen-bond donors (Lipinski definition) is 0. The van der Waals surface area contributed by atoms with Crippen molar-refractivity contribution >= 4 is 5.97 Å². The Hall–Kier alpha value is -1.64. The molecule has 102 valence electrons. The molecule has 0 bridgehead atoms. The van der Waals surface area contributed by atoms with E-state index in [9.17, 15) is 4.79 Å². The quantitative estimate of drug-likeness (QED) is 0.426. The van der Waals surface area contributed by atoms with Crippen LogP contribution in [0.1, 0.15) is 44.1 Å². The number of aromatic nitrogens is 1. The van der Waals surface area contributed by atoms with E-state index in [0.29, 0.717) is 13.0 Å². The number of ether oxygens (including phenoxy) is 1. The number of allylic oxidation sites excluding steroid dienone is 2. The first-order valence-corrected chi connectivity index (χ1v) is 7.06. The topological polar surface area (TPSA) is 39.2 Å². The maximum Gasteiger partial charge on any atom is 0.306 e. The summed E-state index contributed by atoms with van der Waals surface area (Å²) in [6.45, 7) is 0.331. The van der Waals surface area contributed by atoms with Crippen molar-refractivity contribution in [2.75, 3.05) is 0 Å². The fourth-order valence-corrected chi connectivity index (χ4v) is 2.33. The van der Waals surface area contributed by atoms with Crippen molar-refractivity contribution in [3.05, 3.63) is 42.2 Å². The molecule has 0 amide bonds. The first-order valence-electron chi connectivity index (χ1n) is 7.06. The van der Waals surface area contributed by atoms with Crippen molar-refractivity contribution in [3.63, 3.8) is 0 Å². The fraction of sp³-hybridized carbons (Fsp3) is 0.500. The van der Waals surface area contributed by atoms with Crippen LogP contribution in [0.15, 0.2) is 36.7 Å². The number of carbonyl (C=O) groups is 1. The first kappa shape index (κ1) is 13.8. The van der Waals surface area contributed by atoms with Crippen molar-refractivity contribution in [3.8, 4) is 0 Å². The van der Waals surface area contributed by atoms with Crippen LogP contribution in [0.5, 0.6) is 0 Å². The second-order valence-corrected chi connectivity index (χ2v) is 5.03. The molecular formula is C16H21NO2. The Bertz CT molecular complexity index is 414. The molecule has 1 unspecified atom stereocenters. The highest BCUT2D eigenvalue weighted by atomic mass is 16.5. The van der Waals surface area contributed by atoms with Crippen LogP contribution in [0.25, 0.3) is 0 Å². The van der Waals surface area contributed by atoms with E-state index in [1.54, 1.807) is 12.4 Å². The van der Waals surface area contributed by atoms with Crippen LogP contribution in [0.3, 0.4) is 0 Å². The second kappa shape index (κ2) is 7.72. The van der Waals surface area contributed by atoms with Gasteiger partial charge in [0.2, 0.25) is 0 Å². The van der Waals surface area contributed by atoms with Gasteiger partial charge in [0.15, 0.2) is 0 Å². The molecule has 1 atom stereocenters. The van der Waals surface area contributed by atoms with E-state index in [4.69, 9.17) is 4.74 Å². The molecule has 0 aromatic carbocycles. The highest BCUT2D eigenvalue weighted by Gasteiger charge is 2.09. The lowest BCUT2D eigenvalue weighted by atomic mass is 10.0. The predicted molar refractivity (Wildman–Crippen MR) is 74.4 cm³/mol. The van der Waals surface area contributed by atoms with Crippen molar-refractivity contribution in [2.45, 2.75) is 45.1 Å². The van der Waals surface area contributed by atoms with Gasteiger partial charge in [-0.25, -0.2) is 0 Å². The third kappa shape index (κ3) is 5.25. The van der Waals surface area contributed by atoms with Gasteiger partial charge in [0, 0.05) is 24.4 Å². The molecular weight excluding hydrogens is 238 g/mol. The monoisotopic (exact) mass is 259 g/mol. The maximum absolute atomic E-state index is 11.6. The Labute approximate surface area is 114 Å². The molecule has 1 aliphatic rings. The predicted octanol–water partition coefficient (Wildman–Crippen LogP) is 3.65. The minimum atomic E-state index is -0.106. The summed E-state index contributed by atoms with van der Waals surface area (Å²) in [5.41, 5.74) is 0.937. The molecule has 1 aromatic rings. The Morgan fingerprint density at radius 1 is 1.42 bits per heavy atom. The molecule has 0 saturated heterocycles. The van der Waals surface area contributed by atoms with Gasteiger partial charge in [0.25, 0.3) is 0 Å². The summed E-state index contributed by atoms with van der Waals surface area (Å²) in [7, 11) is 0. The van der Waals surface area contributed by atoms with Gasteiger partial charge in [0.1, 0.15) is 6.61 Å². The Morgan fingerprint density at radius 2 is 2.37 bits per heavy atom. The number of unbranched alkanes of at least 4 members (excludes halogenated alkanes) is 1. The highest BCUT2D eigenvalue weighted by molar-refractivity contribution is 5.69. The zero-order valence-corrected chi connectivity index (χ0v) is 11.3. The molecule has 1 heterocycles. The normalized spacial score (nSPS) is 17.6. The Kier molecular flexibility index (Phi) is 5.60. The van der Waals surface area contributed by atoms with Gasteiger partial charge in [-0.05, 0) is 37.7 Å². The van der Waals surface area contributed by atoms with Crippen molar-refractivity contribution in [1.29, 1.82) is 0 Å². The zero-order valence-electron chi connectivity index (χ0n) is 11.3. The lowest BCUT2D eigenvalue weighted by molar-refractivity contribution is -0.145. The number of rotatable bonds is 7. The smallest absolute Gasteiger partial charge is 0.306 e. The Morgan fingerprint density at radius 3 is 3.11 bits per heavy atom. The molecule has 3 heteroatoms. The van der Waals surface area contributed by atoms with E-state index in [1.165, 1.54) is 19.3 Å². The van der Waals surface area contributed by atoms with Crippen LogP contribution in [-0.2, 0) is 16.1 Å². The van der Waals surface area contributed by atoms with E-state index < -0.39 is 0 Å². The van der Waals surface area contributed by atoms with Crippen LogP contribution in [0.4, 0.5) is 0 Å². The number of carbonyl (C=O) groups excluding carboxylic acids is 1. The fourth-order valence-electron chi connectivity index (χ4n) is 2.33. The van der Waals surface area contributed by atoms with Gasteiger partial charge in [-0.1, -0.05) is 24.6 Å². The van der Waals surface area contributed by atoms with Crippen LogP contribution in [0.2, 0.25) is 0 Å². The minimum Gasteiger partial charge on any atom is -0.461 e. The molecule has 19 heavy (non-hydrogen) atoms. The SMILES string of the molecule is O=C(CCCCC1C=CCC1)OCc1cccnc1. The molecule has 0 saturated carbocycles. The van der Waals surface area contributed by atoms with Crippen LogP contribution in [-0.4, -0.2) is 11.0 Å². The molecule has 2 rings (SSSR count). The summed E-state index contributed by atoms with van der Waals surface area (Å²) in [6, 6.07) is 3.75. The molecule has 0 spiro atoms. The molecule has 0 N–H and O–H groups in total. The molecule has 0 aliphatic heterocycles. The minimum absolute atomic E-state index is 0.106. The molecule has 0 radical (unpaired) electrons. The van der Waals surface area contributed by atoms with Gasteiger partial charge >= 0.3 is 5.97 Å². The third-order valence-electron chi connectivity index (χ3n) is 3.44. The molecule has 3 nitrogen and oxygen atoms in total. The van der Waals surface area contributed by atoms with E-state index in [-0.39, 0.29) is 5.97 Å². The number of esters is 1. The molecule has 1 aliphatic carbocycles. The first-order chi connectivity index (χ1) is 9.34. The lowest BCUT2D eigenvalue weighted by Crippen LogP contribution is -2.04. The Balaban J connectivity index is 1.53. The molecule has 1 aromatic heterocycles. The van der Waals surface area contributed by atoms with Gasteiger partial charge < -0.3 is 4.74 Å². The average Bonchev–Trinajstić information content (AvgIpc) is 2.96. The summed E-state index contributed by atoms with van der Waals surface area (Å²) in [6.07, 6.45) is 14.3. The van der Waals surface area contributed by atoms with E-state index in [0.717, 1.165) is 24.3 Å². The van der Waals surface area contributed by atoms with Crippen LogP contribution < -0.4 is 0 Å². The van der Waals surface area contributed by atoms with Crippen molar-refractivity contribution < 1.29 is 9.53 Å². The zero-order chi connectivity index (χ0) is 13.3. The maximum atomic E-state index is 11.6. The van der Waals surface area contributed by atoms with Gasteiger partial charge in [-0.2, -0.15) is 0 Å². The van der Waals surface area contributed by atoms with Crippen molar-refractivity contribution in [1.82, 2.24) is 4.98 Å². The summed E-state index contributed by atoms with van der Waals surface area (Å²) < 4.78 is 5.21. The number of nitrogens with zero attached hydrogens (tertiary/aromatic N) is 1. The number of pyridine rings is 1. The number of hydrogen-bond acceptors (Lipinski definition) is 3. The molecule has 0 fully saturated rings. The third-order valence-corrected chi connectivity index (χ3v) is 3.44. The van der Waals surface area contributed by atoms with Crippen molar-refractivity contribution in [2.24, 2.45) is 5.92 Å². The largest absolute Gasteiger partial charge is 0.461 e. The van der Waals surface area contributed by atoms with E-state index in [2.05, 4.69) is 17.1 Å².